The van der Waals surface area contributed by atoms with Crippen LogP contribution in [0.3, 0.4) is 0 Å². The van der Waals surface area contributed by atoms with E-state index < -0.39 is 11.2 Å². The molecule has 0 bridgehead atoms. The predicted octanol–water partition coefficient (Wildman–Crippen LogP) is -1.13. The van der Waals surface area contributed by atoms with Crippen LogP contribution in [0, 0.1) is 0 Å². The molecule has 0 fully saturated rings. The van der Waals surface area contributed by atoms with Gasteiger partial charge in [-0.25, -0.2) is 0 Å². The van der Waals surface area contributed by atoms with Crippen LogP contribution in [-0.4, -0.2) is 59.7 Å². The zero-order chi connectivity index (χ0) is 10.6. The molecule has 0 saturated carbocycles. The molecule has 0 unspecified atom stereocenters. The highest BCUT2D eigenvalue weighted by atomic mass is 32.2. The molecule has 6 heteroatoms. The van der Waals surface area contributed by atoms with Gasteiger partial charge in [0.05, 0.1) is 12.5 Å². The molecular weight excluding hydrogens is 194 g/mol. The van der Waals surface area contributed by atoms with Crippen molar-refractivity contribution < 1.29 is 19.9 Å². The van der Waals surface area contributed by atoms with Gasteiger partial charge in [0.1, 0.15) is 0 Å². The monoisotopic (exact) mass is 215 g/mol. The number of aliphatic hydroxyl groups is 1. The molecule has 0 aliphatic heterocycles. The fourth-order valence-corrected chi connectivity index (χ4v) is 0. The molecule has 0 aliphatic carbocycles. The van der Waals surface area contributed by atoms with E-state index in [2.05, 4.69) is 0 Å². The molecule has 0 spiro atoms. The third kappa shape index (κ3) is 381. The van der Waals surface area contributed by atoms with Crippen molar-refractivity contribution in [3.63, 3.8) is 0 Å². The second-order valence-electron chi connectivity index (χ2n) is 2.13. The summed E-state index contributed by atoms with van der Waals surface area (Å²) >= 11 is -0.611. The Balaban J connectivity index is -0.0000000465. The Morgan fingerprint density at radius 2 is 1.54 bits per heavy atom. The van der Waals surface area contributed by atoms with Crippen molar-refractivity contribution in [2.45, 2.75) is 6.92 Å². The van der Waals surface area contributed by atoms with Crippen LogP contribution in [0.1, 0.15) is 6.92 Å². The van der Waals surface area contributed by atoms with Gasteiger partial charge in [0.2, 0.25) is 6.41 Å². The molecule has 1 amide bonds. The first-order chi connectivity index (χ1) is 5.42. The van der Waals surface area contributed by atoms with Crippen LogP contribution in [-0.2, 0) is 16.0 Å². The van der Waals surface area contributed by atoms with E-state index in [-0.39, 0.29) is 12.1 Å². The summed E-state index contributed by atoms with van der Waals surface area (Å²) in [6.45, 7) is 1.93. The van der Waals surface area contributed by atoms with Crippen LogP contribution < -0.4 is 0 Å². The second kappa shape index (κ2) is 22.6. The fraction of sp³-hybridized carbons (Fsp3) is 0.857. The molecule has 0 rings (SSSR count). The van der Waals surface area contributed by atoms with E-state index >= 15 is 0 Å². The van der Waals surface area contributed by atoms with E-state index in [4.69, 9.17) is 5.11 Å². The normalized spacial score (nSPS) is 6.77. The minimum Gasteiger partial charge on any atom is -0.617 e. The lowest BCUT2D eigenvalue weighted by Gasteiger charge is -1.93. The quantitative estimate of drug-likeness (QED) is 0.443. The van der Waals surface area contributed by atoms with Crippen LogP contribution in [0.4, 0.5) is 0 Å². The fourth-order valence-electron chi connectivity index (χ4n) is 0. The lowest BCUT2D eigenvalue weighted by Crippen LogP contribution is -2.06. The van der Waals surface area contributed by atoms with Crippen LogP contribution in [0.15, 0.2) is 0 Å². The van der Waals surface area contributed by atoms with E-state index in [1.54, 1.807) is 33.5 Å². The molecule has 5 nitrogen and oxygen atoms in total. The summed E-state index contributed by atoms with van der Waals surface area (Å²) in [4.78, 5) is 10.9. The summed E-state index contributed by atoms with van der Waals surface area (Å²) in [6, 6.07) is 0. The van der Waals surface area contributed by atoms with Gasteiger partial charge in [0, 0.05) is 20.7 Å². The summed E-state index contributed by atoms with van der Waals surface area (Å²) in [5, 5.41) is 7.57. The first kappa shape index (κ1) is 23.0. The Morgan fingerprint density at radius 3 is 1.54 bits per heavy atom. The molecule has 0 radical (unpaired) electrons. The lowest BCUT2D eigenvalue weighted by atomic mass is 10.9. The third-order valence-electron chi connectivity index (χ3n) is 0.211. The Kier molecular flexibility index (Phi) is 39.9. The minimum absolute atomic E-state index is 0. The third-order valence-corrected chi connectivity index (χ3v) is 0.211. The van der Waals surface area contributed by atoms with Gasteiger partial charge in [-0.05, 0) is 6.92 Å². The molecule has 0 atom stereocenters. The largest absolute Gasteiger partial charge is 0.617 e. The van der Waals surface area contributed by atoms with Crippen LogP contribution in [0.25, 0.3) is 0 Å². The highest BCUT2D eigenvalue weighted by molar-refractivity contribution is 7.89. The molecule has 0 saturated heterocycles. The smallest absolute Gasteiger partial charge is 0.209 e. The van der Waals surface area contributed by atoms with E-state index in [0.29, 0.717) is 0 Å². The first-order valence-electron chi connectivity index (χ1n) is 3.39. The number of amides is 1. The average Bonchev–Trinajstić information content (AvgIpc) is 1.88. The maximum absolute atomic E-state index is 9.56. The number of aliphatic hydroxyl groups excluding tert-OH is 1. The standard InChI is InChI=1S/C3H7NO.C2H6OS.C2H6O.H2O/c1-4(2)3-5;1-4(2)3;1-2-3;/h3H,1-2H3;1-2H3;3H,2H2,1H3;1H2. The maximum Gasteiger partial charge on any atom is 0.209 e. The van der Waals surface area contributed by atoms with E-state index in [1.165, 1.54) is 4.90 Å². The van der Waals surface area contributed by atoms with Crippen molar-refractivity contribution in [3.05, 3.63) is 0 Å². The van der Waals surface area contributed by atoms with Crippen LogP contribution in [0.2, 0.25) is 0 Å². The molecule has 0 aromatic rings. The van der Waals surface area contributed by atoms with E-state index in [9.17, 15) is 9.35 Å². The number of nitrogens with zero attached hydrogens (tertiary/aromatic N) is 1. The number of rotatable bonds is 1. The molecule has 0 aliphatic rings. The second-order valence-corrected chi connectivity index (χ2v) is 3.61. The van der Waals surface area contributed by atoms with Gasteiger partial charge in [-0.15, -0.1) is 0 Å². The number of carbonyl (C=O) groups is 1. The molecular formula is C7H21NO4S. The zero-order valence-corrected chi connectivity index (χ0v) is 9.72. The lowest BCUT2D eigenvalue weighted by molar-refractivity contribution is -0.115. The molecule has 0 heterocycles. The topological polar surface area (TPSA) is 95.1 Å². The maximum atomic E-state index is 9.56. The molecule has 0 aromatic carbocycles. The minimum atomic E-state index is -0.611. The number of hydrogen-bond donors (Lipinski definition) is 1. The van der Waals surface area contributed by atoms with E-state index in [0.717, 1.165) is 6.41 Å². The molecule has 84 valence electrons. The van der Waals surface area contributed by atoms with Crippen LogP contribution >= 0.6 is 0 Å². The van der Waals surface area contributed by atoms with Gasteiger partial charge in [0.15, 0.2) is 0 Å². The van der Waals surface area contributed by atoms with Crippen molar-refractivity contribution in [1.82, 2.24) is 4.90 Å². The Labute approximate surface area is 83.2 Å². The highest BCUT2D eigenvalue weighted by Crippen LogP contribution is 1.61. The Bertz CT molecular complexity index is 78.1. The Hall–Kier alpha value is -0.300. The van der Waals surface area contributed by atoms with Crippen molar-refractivity contribution in [3.8, 4) is 0 Å². The van der Waals surface area contributed by atoms with Gasteiger partial charge < -0.3 is 20.0 Å². The van der Waals surface area contributed by atoms with Crippen molar-refractivity contribution in [1.29, 1.82) is 0 Å². The van der Waals surface area contributed by atoms with Crippen molar-refractivity contribution in [2.75, 3.05) is 33.2 Å². The van der Waals surface area contributed by atoms with Gasteiger partial charge in [-0.3, -0.25) is 4.79 Å². The van der Waals surface area contributed by atoms with Gasteiger partial charge in [0.25, 0.3) is 0 Å². The summed E-state index contributed by atoms with van der Waals surface area (Å²) in [6.07, 6.45) is 4.03. The highest BCUT2D eigenvalue weighted by Gasteiger charge is 1.68. The van der Waals surface area contributed by atoms with Gasteiger partial charge in [-0.2, -0.15) is 0 Å². The predicted molar refractivity (Wildman–Crippen MR) is 56.1 cm³/mol. The van der Waals surface area contributed by atoms with Gasteiger partial charge >= 0.3 is 0 Å². The van der Waals surface area contributed by atoms with Crippen molar-refractivity contribution in [2.24, 2.45) is 0 Å². The van der Waals surface area contributed by atoms with Crippen LogP contribution in [0.5, 0.6) is 0 Å². The van der Waals surface area contributed by atoms with Crippen molar-refractivity contribution >= 4 is 17.6 Å². The summed E-state index contributed by atoms with van der Waals surface area (Å²) < 4.78 is 9.56. The molecule has 0 aromatic heterocycles. The molecule has 3 N–H and O–H groups in total. The number of carbonyl (C=O) groups excluding carboxylic acids is 1. The SMILES string of the molecule is CCO.CN(C)C=O.C[S+](C)[O-].O. The molecule has 13 heavy (non-hydrogen) atoms. The average molecular weight is 215 g/mol. The summed E-state index contributed by atoms with van der Waals surface area (Å²) in [7, 11) is 3.38. The van der Waals surface area contributed by atoms with Gasteiger partial charge in [-0.1, -0.05) is 11.2 Å². The number of hydrogen-bond acceptors (Lipinski definition) is 3. The Morgan fingerprint density at radius 1 is 1.46 bits per heavy atom. The summed E-state index contributed by atoms with van der Waals surface area (Å²) in [5.74, 6) is 0. The summed E-state index contributed by atoms with van der Waals surface area (Å²) in [5.41, 5.74) is 0. The van der Waals surface area contributed by atoms with E-state index in [1.807, 2.05) is 0 Å². The first-order valence-corrected chi connectivity index (χ1v) is 5.36. The zero-order valence-electron chi connectivity index (χ0n) is 8.90.